The lowest BCUT2D eigenvalue weighted by Crippen LogP contribution is -2.16. The smallest absolute Gasteiger partial charge is 0.307 e. The van der Waals surface area contributed by atoms with Gasteiger partial charge in [-0.05, 0) is 31.2 Å². The predicted molar refractivity (Wildman–Crippen MR) is 63.4 cm³/mol. The highest BCUT2D eigenvalue weighted by Crippen LogP contribution is 2.15. The Morgan fingerprint density at radius 1 is 1.29 bits per heavy atom. The van der Waals surface area contributed by atoms with Gasteiger partial charge in [0.15, 0.2) is 5.78 Å². The van der Waals surface area contributed by atoms with E-state index in [1.807, 2.05) is 6.92 Å². The summed E-state index contributed by atoms with van der Waals surface area (Å²) < 4.78 is 5.40. The van der Waals surface area contributed by atoms with E-state index in [1.165, 1.54) is 0 Å². The van der Waals surface area contributed by atoms with Gasteiger partial charge in [0.1, 0.15) is 11.9 Å². The Bertz CT molecular complexity index is 394. The van der Waals surface area contributed by atoms with Crippen LogP contribution in [-0.2, 0) is 4.79 Å². The van der Waals surface area contributed by atoms with Gasteiger partial charge in [0, 0.05) is 12.0 Å². The van der Waals surface area contributed by atoms with E-state index < -0.39 is 5.97 Å². The minimum atomic E-state index is -0.893. The van der Waals surface area contributed by atoms with E-state index in [1.54, 1.807) is 31.2 Å². The summed E-state index contributed by atoms with van der Waals surface area (Å²) >= 11 is 0. The molecule has 0 saturated heterocycles. The number of hydrogen-bond donors (Lipinski definition) is 1. The average molecular weight is 236 g/mol. The van der Waals surface area contributed by atoms with Crippen molar-refractivity contribution in [2.45, 2.75) is 32.8 Å². The van der Waals surface area contributed by atoms with Crippen LogP contribution in [0.3, 0.4) is 0 Å². The second-order valence-electron chi connectivity index (χ2n) is 3.83. The minimum absolute atomic E-state index is 0.0460. The van der Waals surface area contributed by atoms with Crippen molar-refractivity contribution in [3.8, 4) is 5.75 Å². The highest BCUT2D eigenvalue weighted by atomic mass is 16.5. The number of ether oxygens (including phenoxy) is 1. The Kier molecular flexibility index (Phi) is 4.69. The van der Waals surface area contributed by atoms with Crippen LogP contribution in [0.25, 0.3) is 0 Å². The monoisotopic (exact) mass is 236 g/mol. The molecule has 0 heterocycles. The molecule has 0 fully saturated rings. The van der Waals surface area contributed by atoms with E-state index in [0.29, 0.717) is 17.7 Å². The van der Waals surface area contributed by atoms with Crippen molar-refractivity contribution in [2.24, 2.45) is 0 Å². The number of ketones is 1. The zero-order valence-corrected chi connectivity index (χ0v) is 9.97. The number of carbonyl (C=O) groups is 2. The number of Topliss-reactive ketones (excluding diaryl/α,β-unsaturated/α-hetero) is 1. The molecule has 1 rings (SSSR count). The van der Waals surface area contributed by atoms with Gasteiger partial charge >= 0.3 is 5.97 Å². The van der Waals surface area contributed by atoms with Gasteiger partial charge in [0.2, 0.25) is 0 Å². The lowest BCUT2D eigenvalue weighted by molar-refractivity contribution is -0.138. The number of carboxylic acid groups (broad SMARTS) is 1. The maximum absolute atomic E-state index is 11.4. The standard InChI is InChI=1S/C13H16O4/c1-3-12(14)10-4-6-11(7-5-10)17-9(2)8-13(15)16/h4-7,9H,3,8H2,1-2H3,(H,15,16). The number of benzene rings is 1. The largest absolute Gasteiger partial charge is 0.490 e. The fourth-order valence-corrected chi connectivity index (χ4v) is 1.44. The Balaban J connectivity index is 2.62. The average Bonchev–Trinajstić information content (AvgIpc) is 2.28. The number of rotatable bonds is 6. The van der Waals surface area contributed by atoms with Crippen molar-refractivity contribution in [3.05, 3.63) is 29.8 Å². The molecule has 1 unspecified atom stereocenters. The summed E-state index contributed by atoms with van der Waals surface area (Å²) in [6, 6.07) is 6.74. The van der Waals surface area contributed by atoms with E-state index in [0.717, 1.165) is 0 Å². The lowest BCUT2D eigenvalue weighted by atomic mass is 10.1. The van der Waals surface area contributed by atoms with Gasteiger partial charge in [-0.25, -0.2) is 0 Å². The van der Waals surface area contributed by atoms with Crippen LogP contribution in [0.2, 0.25) is 0 Å². The Morgan fingerprint density at radius 3 is 2.35 bits per heavy atom. The number of hydrogen-bond acceptors (Lipinski definition) is 3. The van der Waals surface area contributed by atoms with Gasteiger partial charge in [-0.15, -0.1) is 0 Å². The molecule has 1 atom stereocenters. The summed E-state index contributed by atoms with van der Waals surface area (Å²) in [7, 11) is 0. The van der Waals surface area contributed by atoms with Crippen molar-refractivity contribution in [2.75, 3.05) is 0 Å². The van der Waals surface area contributed by atoms with Crippen molar-refractivity contribution >= 4 is 11.8 Å². The van der Waals surface area contributed by atoms with Gasteiger partial charge in [-0.1, -0.05) is 6.92 Å². The van der Waals surface area contributed by atoms with Gasteiger partial charge in [0.05, 0.1) is 6.42 Å². The summed E-state index contributed by atoms with van der Waals surface area (Å²) in [5.41, 5.74) is 0.644. The van der Waals surface area contributed by atoms with Crippen LogP contribution in [0.4, 0.5) is 0 Å². The van der Waals surface area contributed by atoms with Crippen molar-refractivity contribution in [1.29, 1.82) is 0 Å². The highest BCUT2D eigenvalue weighted by Gasteiger charge is 2.09. The van der Waals surface area contributed by atoms with E-state index >= 15 is 0 Å². The summed E-state index contributed by atoms with van der Waals surface area (Å²) in [4.78, 5) is 21.8. The first-order valence-electron chi connectivity index (χ1n) is 5.54. The van der Waals surface area contributed by atoms with Crippen LogP contribution in [0, 0.1) is 0 Å². The second kappa shape index (κ2) is 6.03. The maximum Gasteiger partial charge on any atom is 0.307 e. The molecule has 0 radical (unpaired) electrons. The molecule has 0 bridgehead atoms. The molecule has 0 amide bonds. The van der Waals surface area contributed by atoms with Crippen molar-refractivity contribution in [3.63, 3.8) is 0 Å². The van der Waals surface area contributed by atoms with Gasteiger partial charge in [0.25, 0.3) is 0 Å². The Hall–Kier alpha value is -1.84. The third-order valence-corrected chi connectivity index (χ3v) is 2.30. The van der Waals surface area contributed by atoms with Crippen molar-refractivity contribution < 1.29 is 19.4 Å². The summed E-state index contributed by atoms with van der Waals surface area (Å²) in [6.45, 7) is 3.50. The second-order valence-corrected chi connectivity index (χ2v) is 3.83. The summed E-state index contributed by atoms with van der Waals surface area (Å²) in [5.74, 6) is -0.239. The third-order valence-electron chi connectivity index (χ3n) is 2.30. The fraction of sp³-hybridized carbons (Fsp3) is 0.385. The Labute approximate surface area is 100 Å². The van der Waals surface area contributed by atoms with E-state index in [-0.39, 0.29) is 18.3 Å². The zero-order valence-electron chi connectivity index (χ0n) is 9.97. The molecular formula is C13H16O4. The number of carbonyl (C=O) groups excluding carboxylic acids is 1. The molecule has 92 valence electrons. The van der Waals surface area contributed by atoms with Crippen LogP contribution in [0.1, 0.15) is 37.0 Å². The molecule has 0 aromatic heterocycles. The molecule has 0 aliphatic heterocycles. The van der Waals surface area contributed by atoms with Crippen LogP contribution in [0.5, 0.6) is 5.75 Å². The molecule has 0 aliphatic rings. The topological polar surface area (TPSA) is 63.6 Å². The molecule has 1 N–H and O–H groups in total. The van der Waals surface area contributed by atoms with Crippen LogP contribution in [-0.4, -0.2) is 23.0 Å². The van der Waals surface area contributed by atoms with Crippen LogP contribution in [0.15, 0.2) is 24.3 Å². The van der Waals surface area contributed by atoms with E-state index in [9.17, 15) is 9.59 Å². The maximum atomic E-state index is 11.4. The predicted octanol–water partition coefficient (Wildman–Crippen LogP) is 2.52. The molecule has 0 saturated carbocycles. The molecule has 1 aromatic carbocycles. The fourth-order valence-electron chi connectivity index (χ4n) is 1.44. The molecule has 4 nitrogen and oxygen atoms in total. The van der Waals surface area contributed by atoms with E-state index in [4.69, 9.17) is 9.84 Å². The van der Waals surface area contributed by atoms with Gasteiger partial charge < -0.3 is 9.84 Å². The summed E-state index contributed by atoms with van der Waals surface area (Å²) in [5, 5.41) is 8.59. The molecular weight excluding hydrogens is 220 g/mol. The van der Waals surface area contributed by atoms with Gasteiger partial charge in [-0.3, -0.25) is 9.59 Å². The molecule has 17 heavy (non-hydrogen) atoms. The van der Waals surface area contributed by atoms with Crippen molar-refractivity contribution in [1.82, 2.24) is 0 Å². The number of aliphatic carboxylic acids is 1. The van der Waals surface area contributed by atoms with Crippen LogP contribution >= 0.6 is 0 Å². The zero-order chi connectivity index (χ0) is 12.8. The highest BCUT2D eigenvalue weighted by molar-refractivity contribution is 5.95. The molecule has 0 aliphatic carbocycles. The molecule has 1 aromatic rings. The first-order chi connectivity index (χ1) is 8.02. The normalized spacial score (nSPS) is 11.9. The van der Waals surface area contributed by atoms with Gasteiger partial charge in [-0.2, -0.15) is 0 Å². The van der Waals surface area contributed by atoms with E-state index in [2.05, 4.69) is 0 Å². The Morgan fingerprint density at radius 2 is 1.88 bits per heavy atom. The van der Waals surface area contributed by atoms with Crippen LogP contribution < -0.4 is 4.74 Å². The quantitative estimate of drug-likeness (QED) is 0.771. The SMILES string of the molecule is CCC(=O)c1ccc(OC(C)CC(=O)O)cc1. The lowest BCUT2D eigenvalue weighted by Gasteiger charge is -2.12. The molecule has 4 heteroatoms. The number of carboxylic acids is 1. The minimum Gasteiger partial charge on any atom is -0.490 e. The summed E-state index contributed by atoms with van der Waals surface area (Å²) in [6.07, 6.45) is 0.0332. The molecule has 0 spiro atoms. The first kappa shape index (κ1) is 13.2. The third kappa shape index (κ3) is 4.26. The first-order valence-corrected chi connectivity index (χ1v) is 5.54.